The predicted molar refractivity (Wildman–Crippen MR) is 104 cm³/mol. The third kappa shape index (κ3) is 3.00. The van der Waals surface area contributed by atoms with E-state index in [0.29, 0.717) is 6.04 Å². The summed E-state index contributed by atoms with van der Waals surface area (Å²) in [4.78, 5) is 3.68. The van der Waals surface area contributed by atoms with Crippen LogP contribution in [0.4, 0.5) is 0 Å². The molecule has 25 heavy (non-hydrogen) atoms. The van der Waals surface area contributed by atoms with Crippen LogP contribution in [0.5, 0.6) is 0 Å². The van der Waals surface area contributed by atoms with Gasteiger partial charge in [-0.1, -0.05) is 42.5 Å². The van der Waals surface area contributed by atoms with E-state index in [1.165, 1.54) is 65.4 Å². The minimum atomic E-state index is 0.474. The van der Waals surface area contributed by atoms with Gasteiger partial charge in [0.05, 0.1) is 0 Å². The maximum absolute atomic E-state index is 3.81. The standard InChI is InChI=1S/C23H26N2/c1-2-6-21-19(4-1)20-5-3-7-22(23(20)25-21)24-15-14-16-8-10-17(11-9-16)18-12-13-18/h1-2,4,6,8-11,18,22,24-25H,3,5,7,12-15H2. The van der Waals surface area contributed by atoms with Gasteiger partial charge in [0.1, 0.15) is 0 Å². The second kappa shape index (κ2) is 6.34. The van der Waals surface area contributed by atoms with Gasteiger partial charge in [0.25, 0.3) is 0 Å². The number of benzene rings is 2. The third-order valence-electron chi connectivity index (χ3n) is 5.95. The molecule has 1 unspecified atom stereocenters. The molecule has 1 saturated carbocycles. The fourth-order valence-corrected chi connectivity index (χ4v) is 4.38. The maximum Gasteiger partial charge on any atom is 0.0476 e. The Hall–Kier alpha value is -2.06. The molecule has 2 nitrogen and oxygen atoms in total. The number of para-hydroxylation sites is 1. The number of hydrogen-bond donors (Lipinski definition) is 2. The first-order valence-corrected chi connectivity index (χ1v) is 9.80. The molecule has 128 valence electrons. The van der Waals surface area contributed by atoms with E-state index in [2.05, 4.69) is 58.8 Å². The van der Waals surface area contributed by atoms with Gasteiger partial charge in [0.15, 0.2) is 0 Å². The van der Waals surface area contributed by atoms with E-state index >= 15 is 0 Å². The van der Waals surface area contributed by atoms with Gasteiger partial charge in [0.2, 0.25) is 0 Å². The van der Waals surface area contributed by atoms with Crippen LogP contribution in [-0.4, -0.2) is 11.5 Å². The van der Waals surface area contributed by atoms with Crippen LogP contribution in [-0.2, 0) is 12.8 Å². The van der Waals surface area contributed by atoms with E-state index in [-0.39, 0.29) is 0 Å². The van der Waals surface area contributed by atoms with Crippen molar-refractivity contribution in [1.29, 1.82) is 0 Å². The molecule has 0 radical (unpaired) electrons. The van der Waals surface area contributed by atoms with Crippen LogP contribution in [0.25, 0.3) is 10.9 Å². The van der Waals surface area contributed by atoms with Crippen molar-refractivity contribution in [2.75, 3.05) is 6.54 Å². The van der Waals surface area contributed by atoms with Gasteiger partial charge < -0.3 is 10.3 Å². The molecular formula is C23H26N2. The molecule has 2 heteroatoms. The number of aromatic amines is 1. The molecule has 0 spiro atoms. The lowest BCUT2D eigenvalue weighted by Crippen LogP contribution is -2.27. The lowest BCUT2D eigenvalue weighted by Gasteiger charge is -2.24. The topological polar surface area (TPSA) is 27.8 Å². The first-order valence-electron chi connectivity index (χ1n) is 9.80. The van der Waals surface area contributed by atoms with E-state index in [4.69, 9.17) is 0 Å². The van der Waals surface area contributed by atoms with Gasteiger partial charge in [-0.15, -0.1) is 0 Å². The Labute approximate surface area is 149 Å². The summed E-state index contributed by atoms with van der Waals surface area (Å²) in [5, 5.41) is 5.22. The molecule has 0 bridgehead atoms. The van der Waals surface area contributed by atoms with E-state index in [1.54, 1.807) is 0 Å². The van der Waals surface area contributed by atoms with Gasteiger partial charge in [-0.25, -0.2) is 0 Å². The van der Waals surface area contributed by atoms with Crippen LogP contribution in [0.1, 0.15) is 60.0 Å². The summed E-state index contributed by atoms with van der Waals surface area (Å²) in [6.45, 7) is 1.04. The summed E-state index contributed by atoms with van der Waals surface area (Å²) in [6.07, 6.45) is 7.60. The molecule has 3 aromatic rings. The number of aromatic nitrogens is 1. The predicted octanol–water partition coefficient (Wildman–Crippen LogP) is 5.26. The van der Waals surface area contributed by atoms with Crippen LogP contribution < -0.4 is 5.32 Å². The molecule has 1 fully saturated rings. The molecule has 2 N–H and O–H groups in total. The third-order valence-corrected chi connectivity index (χ3v) is 5.95. The lowest BCUT2D eigenvalue weighted by molar-refractivity contribution is 0.456. The fraction of sp³-hybridized carbons (Fsp3) is 0.391. The van der Waals surface area contributed by atoms with Crippen LogP contribution in [0, 0.1) is 0 Å². The zero-order valence-electron chi connectivity index (χ0n) is 14.7. The molecule has 2 aromatic carbocycles. The number of aryl methyl sites for hydroxylation is 1. The molecule has 1 aromatic heterocycles. The first-order chi connectivity index (χ1) is 12.4. The Kier molecular flexibility index (Phi) is 3.86. The zero-order valence-corrected chi connectivity index (χ0v) is 14.7. The van der Waals surface area contributed by atoms with Crippen LogP contribution in [0.2, 0.25) is 0 Å². The Morgan fingerprint density at radius 1 is 0.960 bits per heavy atom. The second-order valence-corrected chi connectivity index (χ2v) is 7.73. The fourth-order valence-electron chi connectivity index (χ4n) is 4.38. The molecule has 2 aliphatic rings. The second-order valence-electron chi connectivity index (χ2n) is 7.73. The molecule has 0 aliphatic heterocycles. The largest absolute Gasteiger partial charge is 0.357 e. The molecule has 1 heterocycles. The highest BCUT2D eigenvalue weighted by atomic mass is 14.9. The normalized spacial score (nSPS) is 19.9. The van der Waals surface area contributed by atoms with Crippen molar-refractivity contribution in [1.82, 2.24) is 10.3 Å². The average Bonchev–Trinajstić information content (AvgIpc) is 3.43. The Morgan fingerprint density at radius 2 is 1.80 bits per heavy atom. The molecule has 0 amide bonds. The van der Waals surface area contributed by atoms with Gasteiger partial charge in [-0.2, -0.15) is 0 Å². The molecule has 1 atom stereocenters. The SMILES string of the molecule is c1ccc2c3c([nH]c2c1)C(NCCc1ccc(C2CC2)cc1)CCC3. The molecular weight excluding hydrogens is 304 g/mol. The van der Waals surface area contributed by atoms with Crippen LogP contribution in [0.15, 0.2) is 48.5 Å². The van der Waals surface area contributed by atoms with Crippen LogP contribution in [0.3, 0.4) is 0 Å². The molecule has 0 saturated heterocycles. The highest BCUT2D eigenvalue weighted by Gasteiger charge is 2.24. The number of fused-ring (bicyclic) bond motifs is 3. The quantitative estimate of drug-likeness (QED) is 0.656. The number of hydrogen-bond acceptors (Lipinski definition) is 1. The van der Waals surface area contributed by atoms with Crippen LogP contribution >= 0.6 is 0 Å². The van der Waals surface area contributed by atoms with Crippen molar-refractivity contribution in [3.63, 3.8) is 0 Å². The summed E-state index contributed by atoms with van der Waals surface area (Å²) in [5.41, 5.74) is 7.23. The van der Waals surface area contributed by atoms with Crippen molar-refractivity contribution >= 4 is 10.9 Å². The van der Waals surface area contributed by atoms with Gasteiger partial charge in [-0.3, -0.25) is 0 Å². The summed E-state index contributed by atoms with van der Waals surface area (Å²) < 4.78 is 0. The highest BCUT2D eigenvalue weighted by molar-refractivity contribution is 5.85. The summed E-state index contributed by atoms with van der Waals surface area (Å²) in [7, 11) is 0. The summed E-state index contributed by atoms with van der Waals surface area (Å²) >= 11 is 0. The molecule has 5 rings (SSSR count). The minimum Gasteiger partial charge on any atom is -0.357 e. The zero-order chi connectivity index (χ0) is 16.6. The van der Waals surface area contributed by atoms with Crippen molar-refractivity contribution in [3.05, 3.63) is 70.9 Å². The lowest BCUT2D eigenvalue weighted by atomic mass is 9.91. The Morgan fingerprint density at radius 3 is 2.64 bits per heavy atom. The van der Waals surface area contributed by atoms with E-state index in [0.717, 1.165) is 18.9 Å². The monoisotopic (exact) mass is 330 g/mol. The smallest absolute Gasteiger partial charge is 0.0476 e. The van der Waals surface area contributed by atoms with Crippen molar-refractivity contribution in [2.45, 2.75) is 50.5 Å². The summed E-state index contributed by atoms with van der Waals surface area (Å²) in [5.74, 6) is 0.856. The minimum absolute atomic E-state index is 0.474. The summed E-state index contributed by atoms with van der Waals surface area (Å²) in [6, 6.07) is 18.5. The van der Waals surface area contributed by atoms with Crippen molar-refractivity contribution < 1.29 is 0 Å². The van der Waals surface area contributed by atoms with Gasteiger partial charge >= 0.3 is 0 Å². The first kappa shape index (κ1) is 15.2. The number of H-pyrrole nitrogens is 1. The van der Waals surface area contributed by atoms with Crippen molar-refractivity contribution in [2.24, 2.45) is 0 Å². The Bertz CT molecular complexity index is 871. The van der Waals surface area contributed by atoms with Gasteiger partial charge in [-0.05, 0) is 73.7 Å². The van der Waals surface area contributed by atoms with Gasteiger partial charge in [0, 0.05) is 22.6 Å². The molecule has 2 aliphatic carbocycles. The number of nitrogens with one attached hydrogen (secondary N) is 2. The Balaban J connectivity index is 1.26. The average molecular weight is 330 g/mol. The number of rotatable bonds is 5. The van der Waals surface area contributed by atoms with E-state index < -0.39 is 0 Å². The van der Waals surface area contributed by atoms with Crippen molar-refractivity contribution in [3.8, 4) is 0 Å². The van der Waals surface area contributed by atoms with E-state index in [9.17, 15) is 0 Å². The maximum atomic E-state index is 3.81. The highest BCUT2D eigenvalue weighted by Crippen LogP contribution is 2.40. The van der Waals surface area contributed by atoms with E-state index in [1.807, 2.05) is 0 Å².